The van der Waals surface area contributed by atoms with Crippen LogP contribution < -0.4 is 0 Å². The summed E-state index contributed by atoms with van der Waals surface area (Å²) in [6.45, 7) is 1.17. The van der Waals surface area contributed by atoms with Gasteiger partial charge < -0.3 is 14.0 Å². The molecule has 0 radical (unpaired) electrons. The van der Waals surface area contributed by atoms with Crippen LogP contribution in [0.4, 0.5) is 0 Å². The van der Waals surface area contributed by atoms with E-state index in [1.807, 2.05) is 60.7 Å². The highest BCUT2D eigenvalue weighted by atomic mass is 35.5. The normalized spacial score (nSPS) is 14.4. The Hall–Kier alpha value is -2.99. The van der Waals surface area contributed by atoms with E-state index >= 15 is 0 Å². The Morgan fingerprint density at radius 1 is 0.793 bits per heavy atom. The van der Waals surface area contributed by atoms with Gasteiger partial charge in [-0.25, -0.2) is 0 Å². The molecule has 5 rings (SSSR count). The first-order valence-electron chi connectivity index (χ1n) is 9.30. The van der Waals surface area contributed by atoms with Crippen LogP contribution >= 0.6 is 11.6 Å². The fraction of sp³-hybridized carbons (Fsp3) is 0.130. The molecule has 0 atom stereocenters. The number of ether oxygens (including phenoxy) is 2. The van der Waals surface area contributed by atoms with Gasteiger partial charge >= 0.3 is 0 Å². The summed E-state index contributed by atoms with van der Waals surface area (Å²) in [4.78, 5) is 4.52. The van der Waals surface area contributed by atoms with Crippen molar-refractivity contribution in [3.8, 4) is 34.0 Å². The molecule has 4 aromatic rings. The standard InChI is InChI=1S/C23H17ClN2O3/c24-20-14-18(23-27-12-13-28-23)10-11-19(20)21-25-22(29-26-21)17-8-6-16(7-9-17)15-4-2-1-3-5-15/h1-11,14,23H,12-13H2. The first-order chi connectivity index (χ1) is 14.3. The van der Waals surface area contributed by atoms with Crippen LogP contribution in [0.1, 0.15) is 11.9 Å². The van der Waals surface area contributed by atoms with Crippen molar-refractivity contribution in [2.24, 2.45) is 0 Å². The van der Waals surface area contributed by atoms with E-state index in [9.17, 15) is 0 Å². The molecule has 144 valence electrons. The third-order valence-corrected chi connectivity index (χ3v) is 5.11. The van der Waals surface area contributed by atoms with Gasteiger partial charge in [0.2, 0.25) is 5.82 Å². The lowest BCUT2D eigenvalue weighted by molar-refractivity contribution is -0.0441. The quantitative estimate of drug-likeness (QED) is 0.432. The van der Waals surface area contributed by atoms with E-state index in [1.54, 1.807) is 0 Å². The third kappa shape index (κ3) is 3.68. The first kappa shape index (κ1) is 18.1. The summed E-state index contributed by atoms with van der Waals surface area (Å²) in [5.41, 5.74) is 4.71. The smallest absolute Gasteiger partial charge is 0.258 e. The largest absolute Gasteiger partial charge is 0.346 e. The zero-order valence-corrected chi connectivity index (χ0v) is 16.2. The molecular formula is C23H17ClN2O3. The van der Waals surface area contributed by atoms with E-state index in [4.69, 9.17) is 25.6 Å². The first-order valence-corrected chi connectivity index (χ1v) is 9.68. The zero-order valence-electron chi connectivity index (χ0n) is 15.4. The minimum absolute atomic E-state index is 0.370. The average Bonchev–Trinajstić information content (AvgIpc) is 3.47. The second kappa shape index (κ2) is 7.79. The number of nitrogens with zero attached hydrogens (tertiary/aromatic N) is 2. The van der Waals surface area contributed by atoms with Gasteiger partial charge in [0.1, 0.15) is 0 Å². The summed E-state index contributed by atoms with van der Waals surface area (Å²) < 4.78 is 16.5. The molecule has 0 N–H and O–H groups in total. The molecule has 1 saturated heterocycles. The Bertz CT molecular complexity index is 1120. The van der Waals surface area contributed by atoms with E-state index in [2.05, 4.69) is 22.3 Å². The maximum Gasteiger partial charge on any atom is 0.258 e. The second-order valence-electron chi connectivity index (χ2n) is 6.68. The Morgan fingerprint density at radius 3 is 2.21 bits per heavy atom. The van der Waals surface area contributed by atoms with Crippen LogP contribution in [0.5, 0.6) is 0 Å². The van der Waals surface area contributed by atoms with Gasteiger partial charge in [0.25, 0.3) is 5.89 Å². The summed E-state index contributed by atoms with van der Waals surface area (Å²) in [7, 11) is 0. The van der Waals surface area contributed by atoms with Crippen molar-refractivity contribution in [3.05, 3.63) is 83.4 Å². The summed E-state index contributed by atoms with van der Waals surface area (Å²) in [5, 5.41) is 4.62. The number of hydrogen-bond donors (Lipinski definition) is 0. The lowest BCUT2D eigenvalue weighted by atomic mass is 10.0. The van der Waals surface area contributed by atoms with Crippen LogP contribution in [0.15, 0.2) is 77.3 Å². The molecule has 3 aromatic carbocycles. The van der Waals surface area contributed by atoms with Gasteiger partial charge in [0.15, 0.2) is 6.29 Å². The van der Waals surface area contributed by atoms with Crippen molar-refractivity contribution in [3.63, 3.8) is 0 Å². The third-order valence-electron chi connectivity index (χ3n) is 4.79. The van der Waals surface area contributed by atoms with Crippen LogP contribution in [0, 0.1) is 0 Å². The van der Waals surface area contributed by atoms with Crippen molar-refractivity contribution >= 4 is 11.6 Å². The summed E-state index contributed by atoms with van der Waals surface area (Å²) >= 11 is 6.45. The Balaban J connectivity index is 1.39. The molecule has 0 amide bonds. The molecule has 1 fully saturated rings. The molecule has 1 aromatic heterocycles. The average molecular weight is 405 g/mol. The Morgan fingerprint density at radius 2 is 1.48 bits per heavy atom. The zero-order chi connectivity index (χ0) is 19.6. The Labute approximate surface area is 172 Å². The summed E-state index contributed by atoms with van der Waals surface area (Å²) in [6.07, 6.45) is -0.370. The molecule has 0 spiro atoms. The van der Waals surface area contributed by atoms with E-state index in [1.165, 1.54) is 0 Å². The molecule has 0 unspecified atom stereocenters. The topological polar surface area (TPSA) is 57.4 Å². The van der Waals surface area contributed by atoms with Crippen molar-refractivity contribution in [2.75, 3.05) is 13.2 Å². The van der Waals surface area contributed by atoms with Crippen molar-refractivity contribution in [1.82, 2.24) is 10.1 Å². The van der Waals surface area contributed by atoms with E-state index in [0.29, 0.717) is 35.5 Å². The molecule has 1 aliphatic heterocycles. The van der Waals surface area contributed by atoms with Crippen LogP contribution in [-0.2, 0) is 9.47 Å². The fourth-order valence-corrected chi connectivity index (χ4v) is 3.57. The molecule has 0 aliphatic carbocycles. The second-order valence-corrected chi connectivity index (χ2v) is 7.09. The van der Waals surface area contributed by atoms with Crippen LogP contribution in [0.3, 0.4) is 0 Å². The predicted molar refractivity (Wildman–Crippen MR) is 110 cm³/mol. The number of halogens is 1. The van der Waals surface area contributed by atoms with Gasteiger partial charge in [-0.1, -0.05) is 65.3 Å². The fourth-order valence-electron chi connectivity index (χ4n) is 3.30. The molecule has 0 bridgehead atoms. The highest BCUT2D eigenvalue weighted by Crippen LogP contribution is 2.33. The predicted octanol–water partition coefficient (Wildman–Crippen LogP) is 5.77. The minimum atomic E-state index is -0.370. The number of rotatable bonds is 4. The molecular weight excluding hydrogens is 388 g/mol. The van der Waals surface area contributed by atoms with Gasteiger partial charge in [-0.2, -0.15) is 4.98 Å². The lowest BCUT2D eigenvalue weighted by Crippen LogP contribution is -1.98. The maximum atomic E-state index is 6.45. The van der Waals surface area contributed by atoms with Gasteiger partial charge in [0.05, 0.1) is 18.2 Å². The SMILES string of the molecule is Clc1cc(C2OCCO2)ccc1-c1noc(-c2ccc(-c3ccccc3)cc2)n1. The molecule has 6 heteroatoms. The molecule has 5 nitrogen and oxygen atoms in total. The van der Waals surface area contributed by atoms with Gasteiger partial charge in [0, 0.05) is 16.7 Å². The summed E-state index contributed by atoms with van der Waals surface area (Å²) in [5.74, 6) is 0.888. The van der Waals surface area contributed by atoms with Gasteiger partial charge in [-0.3, -0.25) is 0 Å². The Kier molecular flexibility index (Phi) is 4.86. The number of benzene rings is 3. The van der Waals surface area contributed by atoms with E-state index in [0.717, 1.165) is 22.3 Å². The van der Waals surface area contributed by atoms with Crippen molar-refractivity contribution in [2.45, 2.75) is 6.29 Å². The van der Waals surface area contributed by atoms with Crippen LogP contribution in [-0.4, -0.2) is 23.4 Å². The highest BCUT2D eigenvalue weighted by molar-refractivity contribution is 6.33. The molecule has 29 heavy (non-hydrogen) atoms. The van der Waals surface area contributed by atoms with Gasteiger partial charge in [-0.15, -0.1) is 0 Å². The maximum absolute atomic E-state index is 6.45. The highest BCUT2D eigenvalue weighted by Gasteiger charge is 2.20. The number of aromatic nitrogens is 2. The molecule has 2 heterocycles. The lowest BCUT2D eigenvalue weighted by Gasteiger charge is -2.10. The van der Waals surface area contributed by atoms with Crippen molar-refractivity contribution < 1.29 is 14.0 Å². The summed E-state index contributed by atoms with van der Waals surface area (Å²) in [6, 6.07) is 23.8. The van der Waals surface area contributed by atoms with Gasteiger partial charge in [-0.05, 0) is 35.4 Å². The van der Waals surface area contributed by atoms with Crippen LogP contribution in [0.2, 0.25) is 5.02 Å². The molecule has 1 aliphatic rings. The molecule has 0 saturated carbocycles. The van der Waals surface area contributed by atoms with Crippen LogP contribution in [0.25, 0.3) is 34.0 Å². The minimum Gasteiger partial charge on any atom is -0.346 e. The van der Waals surface area contributed by atoms with E-state index < -0.39 is 0 Å². The monoisotopic (exact) mass is 404 g/mol. The van der Waals surface area contributed by atoms with E-state index in [-0.39, 0.29) is 6.29 Å². The number of hydrogen-bond acceptors (Lipinski definition) is 5. The van der Waals surface area contributed by atoms with Crippen molar-refractivity contribution in [1.29, 1.82) is 0 Å².